The Balaban J connectivity index is 1.48. The molecular formula is C26H31N3O3. The Hall–Kier alpha value is -3.12. The molecule has 1 atom stereocenters. The lowest BCUT2D eigenvalue weighted by Gasteiger charge is -2.40. The van der Waals surface area contributed by atoms with Crippen molar-refractivity contribution in [2.75, 3.05) is 19.6 Å². The molecule has 0 spiro atoms. The van der Waals surface area contributed by atoms with Crippen molar-refractivity contribution in [3.05, 3.63) is 71.0 Å². The SMILES string of the molecule is CCc1oc2ccccc2c1CN1CCN(C(C)=O)C(C(=O)NCc2ccc(C)cc2)C1. The zero-order chi connectivity index (χ0) is 22.7. The number of fused-ring (bicyclic) bond motifs is 1. The quantitative estimate of drug-likeness (QED) is 0.644. The summed E-state index contributed by atoms with van der Waals surface area (Å²) in [6, 6.07) is 15.7. The second-order valence-electron chi connectivity index (χ2n) is 8.52. The van der Waals surface area contributed by atoms with Crippen LogP contribution in [0.2, 0.25) is 0 Å². The van der Waals surface area contributed by atoms with Gasteiger partial charge in [-0.1, -0.05) is 55.0 Å². The smallest absolute Gasteiger partial charge is 0.244 e. The van der Waals surface area contributed by atoms with Crippen LogP contribution >= 0.6 is 0 Å². The van der Waals surface area contributed by atoms with E-state index in [1.807, 2.05) is 49.4 Å². The molecule has 0 radical (unpaired) electrons. The first-order valence-corrected chi connectivity index (χ1v) is 11.3. The van der Waals surface area contributed by atoms with E-state index in [0.717, 1.165) is 35.3 Å². The zero-order valence-corrected chi connectivity index (χ0v) is 19.1. The molecule has 6 heteroatoms. The van der Waals surface area contributed by atoms with Crippen LogP contribution in [0.25, 0.3) is 11.0 Å². The van der Waals surface area contributed by atoms with Gasteiger partial charge in [-0.15, -0.1) is 0 Å². The maximum atomic E-state index is 13.1. The first-order valence-electron chi connectivity index (χ1n) is 11.3. The highest BCUT2D eigenvalue weighted by atomic mass is 16.3. The molecule has 0 aliphatic carbocycles. The number of aryl methyl sites for hydroxylation is 2. The van der Waals surface area contributed by atoms with Gasteiger partial charge in [0.25, 0.3) is 0 Å². The average molecular weight is 434 g/mol. The van der Waals surface area contributed by atoms with Crippen LogP contribution in [0.1, 0.15) is 36.3 Å². The molecule has 1 fully saturated rings. The van der Waals surface area contributed by atoms with Crippen molar-refractivity contribution >= 4 is 22.8 Å². The third-order valence-corrected chi connectivity index (χ3v) is 6.24. The third kappa shape index (κ3) is 4.70. The Bertz CT molecular complexity index is 1100. The lowest BCUT2D eigenvalue weighted by molar-refractivity contribution is -0.142. The van der Waals surface area contributed by atoms with Gasteiger partial charge in [-0.25, -0.2) is 0 Å². The molecule has 1 aromatic heterocycles. The number of amides is 2. The molecule has 0 bridgehead atoms. The van der Waals surface area contributed by atoms with Gasteiger partial charge in [0.1, 0.15) is 17.4 Å². The van der Waals surface area contributed by atoms with Crippen molar-refractivity contribution in [3.8, 4) is 0 Å². The van der Waals surface area contributed by atoms with E-state index in [9.17, 15) is 9.59 Å². The Morgan fingerprint density at radius 2 is 1.84 bits per heavy atom. The molecule has 6 nitrogen and oxygen atoms in total. The summed E-state index contributed by atoms with van der Waals surface area (Å²) in [4.78, 5) is 29.3. The van der Waals surface area contributed by atoms with Gasteiger partial charge < -0.3 is 14.6 Å². The normalized spacial score (nSPS) is 17.0. The Morgan fingerprint density at radius 3 is 2.56 bits per heavy atom. The second-order valence-corrected chi connectivity index (χ2v) is 8.52. The largest absolute Gasteiger partial charge is 0.461 e. The lowest BCUT2D eigenvalue weighted by Crippen LogP contribution is -2.59. The number of rotatable bonds is 6. The van der Waals surface area contributed by atoms with Crippen molar-refractivity contribution in [1.82, 2.24) is 15.1 Å². The van der Waals surface area contributed by atoms with E-state index in [4.69, 9.17) is 4.42 Å². The number of carbonyl (C=O) groups is 2. The van der Waals surface area contributed by atoms with Gasteiger partial charge >= 0.3 is 0 Å². The second kappa shape index (κ2) is 9.57. The van der Waals surface area contributed by atoms with Gasteiger partial charge in [-0.05, 0) is 18.6 Å². The summed E-state index contributed by atoms with van der Waals surface area (Å²) in [7, 11) is 0. The number of benzene rings is 2. The number of hydrogen-bond acceptors (Lipinski definition) is 4. The number of furan rings is 1. The molecule has 1 aliphatic rings. The molecule has 1 unspecified atom stereocenters. The molecule has 4 rings (SSSR count). The van der Waals surface area contributed by atoms with Crippen LogP contribution < -0.4 is 5.32 Å². The molecular weight excluding hydrogens is 402 g/mol. The van der Waals surface area contributed by atoms with Gasteiger partial charge in [-0.2, -0.15) is 0 Å². The van der Waals surface area contributed by atoms with E-state index >= 15 is 0 Å². The first kappa shape index (κ1) is 22.1. The van der Waals surface area contributed by atoms with E-state index in [-0.39, 0.29) is 11.8 Å². The van der Waals surface area contributed by atoms with Gasteiger partial charge in [0, 0.05) is 57.0 Å². The first-order chi connectivity index (χ1) is 15.5. The molecule has 0 saturated carbocycles. The fourth-order valence-corrected chi connectivity index (χ4v) is 4.43. The van der Waals surface area contributed by atoms with Crippen molar-refractivity contribution < 1.29 is 14.0 Å². The number of para-hydroxylation sites is 1. The third-order valence-electron chi connectivity index (χ3n) is 6.24. The Morgan fingerprint density at radius 1 is 1.09 bits per heavy atom. The maximum Gasteiger partial charge on any atom is 0.244 e. The molecule has 3 aromatic rings. The van der Waals surface area contributed by atoms with E-state index < -0.39 is 6.04 Å². The van der Waals surface area contributed by atoms with Crippen LogP contribution in [0.4, 0.5) is 0 Å². The minimum absolute atomic E-state index is 0.0665. The molecule has 2 amide bonds. The standard InChI is InChI=1S/C26H31N3O3/c1-4-24-22(21-7-5-6-8-25(21)32-24)16-28-13-14-29(19(3)30)23(17-28)26(31)27-15-20-11-9-18(2)10-12-20/h5-12,23H,4,13-17H2,1-3H3,(H,27,31). The van der Waals surface area contributed by atoms with E-state index in [2.05, 4.69) is 23.2 Å². The Labute approximate surface area is 189 Å². The predicted octanol–water partition coefficient (Wildman–Crippen LogP) is 3.65. The summed E-state index contributed by atoms with van der Waals surface area (Å²) in [5.41, 5.74) is 4.31. The summed E-state index contributed by atoms with van der Waals surface area (Å²) in [6.45, 7) is 8.59. The minimum atomic E-state index is -0.505. The topological polar surface area (TPSA) is 65.8 Å². The highest BCUT2D eigenvalue weighted by Crippen LogP contribution is 2.28. The molecule has 32 heavy (non-hydrogen) atoms. The van der Waals surface area contributed by atoms with Crippen LogP contribution in [0.5, 0.6) is 0 Å². The number of piperazine rings is 1. The number of carbonyl (C=O) groups excluding carboxylic acids is 2. The van der Waals surface area contributed by atoms with E-state index in [1.165, 1.54) is 18.1 Å². The summed E-state index contributed by atoms with van der Waals surface area (Å²) in [6.07, 6.45) is 0.817. The van der Waals surface area contributed by atoms with Crippen molar-refractivity contribution in [3.63, 3.8) is 0 Å². The fraction of sp³-hybridized carbons (Fsp3) is 0.385. The summed E-state index contributed by atoms with van der Waals surface area (Å²) < 4.78 is 6.05. The summed E-state index contributed by atoms with van der Waals surface area (Å²) >= 11 is 0. The minimum Gasteiger partial charge on any atom is -0.461 e. The highest BCUT2D eigenvalue weighted by Gasteiger charge is 2.34. The zero-order valence-electron chi connectivity index (χ0n) is 19.1. The van der Waals surface area contributed by atoms with E-state index in [1.54, 1.807) is 4.90 Å². The van der Waals surface area contributed by atoms with Crippen LogP contribution in [0.15, 0.2) is 52.9 Å². The van der Waals surface area contributed by atoms with Gasteiger partial charge in [0.15, 0.2) is 0 Å². The molecule has 2 aromatic carbocycles. The van der Waals surface area contributed by atoms with Crippen LogP contribution in [0, 0.1) is 6.92 Å². The van der Waals surface area contributed by atoms with Gasteiger partial charge in [0.05, 0.1) is 0 Å². The van der Waals surface area contributed by atoms with Crippen LogP contribution in [-0.4, -0.2) is 47.3 Å². The van der Waals surface area contributed by atoms with Crippen molar-refractivity contribution in [1.29, 1.82) is 0 Å². The summed E-state index contributed by atoms with van der Waals surface area (Å²) in [5, 5.41) is 4.15. The average Bonchev–Trinajstić information content (AvgIpc) is 3.16. The number of nitrogens with zero attached hydrogens (tertiary/aromatic N) is 2. The number of hydrogen-bond donors (Lipinski definition) is 1. The van der Waals surface area contributed by atoms with Crippen molar-refractivity contribution in [2.24, 2.45) is 0 Å². The van der Waals surface area contributed by atoms with Gasteiger partial charge in [-0.3, -0.25) is 14.5 Å². The lowest BCUT2D eigenvalue weighted by atomic mass is 10.1. The fourth-order valence-electron chi connectivity index (χ4n) is 4.43. The molecule has 1 aliphatic heterocycles. The highest BCUT2D eigenvalue weighted by molar-refractivity contribution is 5.87. The molecule has 168 valence electrons. The molecule has 2 heterocycles. The van der Waals surface area contributed by atoms with Crippen molar-refractivity contribution in [2.45, 2.75) is 46.3 Å². The summed E-state index contributed by atoms with van der Waals surface area (Å²) in [5.74, 6) is 0.807. The predicted molar refractivity (Wildman–Crippen MR) is 125 cm³/mol. The Kier molecular flexibility index (Phi) is 6.61. The number of nitrogens with one attached hydrogen (secondary N) is 1. The maximum absolute atomic E-state index is 13.1. The molecule has 1 N–H and O–H groups in total. The van der Waals surface area contributed by atoms with Crippen LogP contribution in [-0.2, 0) is 29.1 Å². The van der Waals surface area contributed by atoms with Crippen LogP contribution in [0.3, 0.4) is 0 Å². The monoisotopic (exact) mass is 433 g/mol. The van der Waals surface area contributed by atoms with E-state index in [0.29, 0.717) is 26.2 Å². The molecule has 1 saturated heterocycles. The van der Waals surface area contributed by atoms with Gasteiger partial charge in [0.2, 0.25) is 11.8 Å².